The Kier molecular flexibility index (Phi) is 4.22. The molecule has 0 aliphatic carbocycles. The number of ether oxygens (including phenoxy) is 2. The van der Waals surface area contributed by atoms with Crippen molar-refractivity contribution in [2.24, 2.45) is 0 Å². The lowest BCUT2D eigenvalue weighted by Crippen LogP contribution is -2.27. The van der Waals surface area contributed by atoms with Crippen LogP contribution in [0.3, 0.4) is 0 Å². The van der Waals surface area contributed by atoms with Crippen molar-refractivity contribution in [3.05, 3.63) is 0 Å². The van der Waals surface area contributed by atoms with Crippen LogP contribution in [-0.2, 0) is 18.6 Å². The summed E-state index contributed by atoms with van der Waals surface area (Å²) >= 11 is 0. The van der Waals surface area contributed by atoms with Crippen molar-refractivity contribution in [1.29, 1.82) is 0 Å². The number of hydrogen-bond acceptors (Lipinski definition) is 4. The molecule has 4 atom stereocenters. The van der Waals surface area contributed by atoms with E-state index in [1.165, 1.54) is 0 Å². The summed E-state index contributed by atoms with van der Waals surface area (Å²) in [5, 5.41) is 0. The predicted molar refractivity (Wildman–Crippen MR) is 45.5 cm³/mol. The van der Waals surface area contributed by atoms with E-state index in [1.54, 1.807) is 7.11 Å². The van der Waals surface area contributed by atoms with Crippen LogP contribution in [0.5, 0.6) is 0 Å². The Morgan fingerprint density at radius 3 is 2.92 bits per heavy atom. The molecular weight excluding hydrogens is 195 g/mol. The molecule has 0 aromatic rings. The first-order valence-corrected chi connectivity index (χ1v) is 5.23. The molecule has 1 saturated heterocycles. The molecule has 1 N–H and O–H groups in total. The van der Waals surface area contributed by atoms with Gasteiger partial charge in [0.1, 0.15) is 12.2 Å². The van der Waals surface area contributed by atoms with Crippen LogP contribution in [0.15, 0.2) is 0 Å². The molecular formula is C7H14O5P+. The molecule has 0 bridgehead atoms. The summed E-state index contributed by atoms with van der Waals surface area (Å²) < 4.78 is 25.6. The second-order valence-electron chi connectivity index (χ2n) is 3.06. The average Bonchev–Trinajstić information content (AvgIpc) is 2.31. The van der Waals surface area contributed by atoms with Crippen LogP contribution in [0.25, 0.3) is 0 Å². The van der Waals surface area contributed by atoms with E-state index < -0.39 is 8.25 Å². The lowest BCUT2D eigenvalue weighted by atomic mass is 10.1. The van der Waals surface area contributed by atoms with Gasteiger partial charge in [0.05, 0.1) is 12.7 Å². The van der Waals surface area contributed by atoms with E-state index in [4.69, 9.17) is 18.9 Å². The van der Waals surface area contributed by atoms with Gasteiger partial charge < -0.3 is 9.47 Å². The quantitative estimate of drug-likeness (QED) is 0.695. The SMILES string of the molecule is COCC1OC(C)CC1O[P+](=O)O. The molecule has 76 valence electrons. The molecule has 1 rings (SSSR count). The zero-order valence-corrected chi connectivity index (χ0v) is 8.57. The van der Waals surface area contributed by atoms with Gasteiger partial charge in [-0.05, 0) is 6.92 Å². The Labute approximate surface area is 77.9 Å². The average molecular weight is 209 g/mol. The Morgan fingerprint density at radius 2 is 2.38 bits per heavy atom. The van der Waals surface area contributed by atoms with Gasteiger partial charge in [-0.25, -0.2) is 0 Å². The van der Waals surface area contributed by atoms with Crippen molar-refractivity contribution in [1.82, 2.24) is 0 Å². The van der Waals surface area contributed by atoms with Gasteiger partial charge in [0, 0.05) is 18.1 Å². The molecule has 0 saturated carbocycles. The number of methoxy groups -OCH3 is 1. The first-order valence-electron chi connectivity index (χ1n) is 4.10. The maximum absolute atomic E-state index is 10.4. The highest BCUT2D eigenvalue weighted by atomic mass is 31.1. The molecule has 0 spiro atoms. The summed E-state index contributed by atoms with van der Waals surface area (Å²) in [7, 11) is -0.996. The summed E-state index contributed by atoms with van der Waals surface area (Å²) in [6.07, 6.45) is 0.130. The molecule has 0 amide bonds. The Bertz CT molecular complexity index is 186. The maximum Gasteiger partial charge on any atom is 0.695 e. The van der Waals surface area contributed by atoms with E-state index in [9.17, 15) is 4.57 Å². The number of rotatable bonds is 4. The first-order chi connectivity index (χ1) is 6.13. The third-order valence-electron chi connectivity index (χ3n) is 1.94. The highest BCUT2D eigenvalue weighted by Crippen LogP contribution is 2.30. The second-order valence-corrected chi connectivity index (χ2v) is 3.74. The predicted octanol–water partition coefficient (Wildman–Crippen LogP) is 0.845. The van der Waals surface area contributed by atoms with Crippen molar-refractivity contribution in [2.75, 3.05) is 13.7 Å². The van der Waals surface area contributed by atoms with E-state index in [0.717, 1.165) is 0 Å². The summed E-state index contributed by atoms with van der Waals surface area (Å²) in [6.45, 7) is 2.29. The van der Waals surface area contributed by atoms with Gasteiger partial charge in [-0.1, -0.05) is 0 Å². The van der Waals surface area contributed by atoms with Crippen LogP contribution < -0.4 is 0 Å². The van der Waals surface area contributed by atoms with Crippen LogP contribution in [0.1, 0.15) is 13.3 Å². The van der Waals surface area contributed by atoms with Gasteiger partial charge in [-0.15, -0.1) is 9.42 Å². The zero-order chi connectivity index (χ0) is 9.84. The van der Waals surface area contributed by atoms with E-state index in [0.29, 0.717) is 13.0 Å². The summed E-state index contributed by atoms with van der Waals surface area (Å²) in [5.74, 6) is 0. The molecule has 13 heavy (non-hydrogen) atoms. The fourth-order valence-electron chi connectivity index (χ4n) is 1.46. The molecule has 0 radical (unpaired) electrons. The smallest absolute Gasteiger partial charge is 0.382 e. The van der Waals surface area contributed by atoms with E-state index >= 15 is 0 Å². The van der Waals surface area contributed by atoms with E-state index in [1.807, 2.05) is 6.92 Å². The monoisotopic (exact) mass is 209 g/mol. The molecule has 6 heteroatoms. The highest BCUT2D eigenvalue weighted by molar-refractivity contribution is 7.32. The van der Waals surface area contributed by atoms with Crippen LogP contribution in [0.4, 0.5) is 0 Å². The van der Waals surface area contributed by atoms with Gasteiger partial charge in [-0.3, -0.25) is 0 Å². The minimum Gasteiger partial charge on any atom is -0.382 e. The third-order valence-corrected chi connectivity index (χ3v) is 2.39. The zero-order valence-electron chi connectivity index (χ0n) is 7.67. The standard InChI is InChI=1S/C7H13O5P/c1-5-3-6(12-13(8)9)7(11-5)4-10-2/h5-7H,3-4H2,1-2H3/p+1. The first kappa shape index (κ1) is 11.0. The molecule has 1 aliphatic rings. The second kappa shape index (κ2) is 4.98. The Hall–Kier alpha value is -0.0600. The van der Waals surface area contributed by atoms with E-state index in [2.05, 4.69) is 0 Å². The van der Waals surface area contributed by atoms with Crippen molar-refractivity contribution in [2.45, 2.75) is 31.7 Å². The molecule has 5 nitrogen and oxygen atoms in total. The molecule has 4 unspecified atom stereocenters. The van der Waals surface area contributed by atoms with Crippen LogP contribution in [-0.4, -0.2) is 36.9 Å². The minimum absolute atomic E-state index is 0.0556. The molecule has 0 aromatic heterocycles. The molecule has 1 aliphatic heterocycles. The Morgan fingerprint density at radius 1 is 1.69 bits per heavy atom. The number of hydrogen-bond donors (Lipinski definition) is 1. The molecule has 1 fully saturated rings. The lowest BCUT2D eigenvalue weighted by molar-refractivity contribution is -0.0235. The highest BCUT2D eigenvalue weighted by Gasteiger charge is 2.39. The molecule has 0 aromatic carbocycles. The summed E-state index contributed by atoms with van der Waals surface area (Å²) in [6, 6.07) is 0. The third kappa shape index (κ3) is 3.29. The van der Waals surface area contributed by atoms with Gasteiger partial charge in [0.15, 0.2) is 0 Å². The Balaban J connectivity index is 2.45. The van der Waals surface area contributed by atoms with Gasteiger partial charge in [-0.2, -0.15) is 0 Å². The minimum atomic E-state index is -2.55. The summed E-state index contributed by atoms with van der Waals surface area (Å²) in [5.41, 5.74) is 0. The largest absolute Gasteiger partial charge is 0.695 e. The van der Waals surface area contributed by atoms with Crippen LogP contribution in [0.2, 0.25) is 0 Å². The fraction of sp³-hybridized carbons (Fsp3) is 1.00. The van der Waals surface area contributed by atoms with Crippen molar-refractivity contribution in [3.8, 4) is 0 Å². The van der Waals surface area contributed by atoms with Gasteiger partial charge >= 0.3 is 8.25 Å². The van der Waals surface area contributed by atoms with Crippen molar-refractivity contribution >= 4 is 8.25 Å². The normalized spacial score (nSPS) is 35.0. The van der Waals surface area contributed by atoms with Crippen LogP contribution in [0, 0.1) is 0 Å². The maximum atomic E-state index is 10.4. The van der Waals surface area contributed by atoms with E-state index in [-0.39, 0.29) is 18.3 Å². The van der Waals surface area contributed by atoms with Gasteiger partial charge in [0.25, 0.3) is 0 Å². The van der Waals surface area contributed by atoms with Crippen molar-refractivity contribution < 1.29 is 23.5 Å². The van der Waals surface area contributed by atoms with Gasteiger partial charge in [0.2, 0.25) is 0 Å². The summed E-state index contributed by atoms with van der Waals surface area (Å²) in [4.78, 5) is 8.58. The lowest BCUT2D eigenvalue weighted by Gasteiger charge is -2.11. The fourth-order valence-corrected chi connectivity index (χ4v) is 1.91. The van der Waals surface area contributed by atoms with Crippen molar-refractivity contribution in [3.63, 3.8) is 0 Å². The topological polar surface area (TPSA) is 65.0 Å². The van der Waals surface area contributed by atoms with Crippen LogP contribution >= 0.6 is 8.25 Å². The molecule has 1 heterocycles.